The van der Waals surface area contributed by atoms with Crippen molar-refractivity contribution in [2.75, 3.05) is 18.2 Å². The Morgan fingerprint density at radius 3 is 2.65 bits per heavy atom. The summed E-state index contributed by atoms with van der Waals surface area (Å²) in [5, 5.41) is 12.1. The van der Waals surface area contributed by atoms with Gasteiger partial charge < -0.3 is 20.9 Å². The summed E-state index contributed by atoms with van der Waals surface area (Å²) < 4.78 is 6.16. The van der Waals surface area contributed by atoms with E-state index in [2.05, 4.69) is 21.2 Å². The van der Waals surface area contributed by atoms with Gasteiger partial charge in [-0.2, -0.15) is 0 Å². The third kappa shape index (κ3) is 3.03. The number of anilines is 3. The van der Waals surface area contributed by atoms with Crippen molar-refractivity contribution in [3.63, 3.8) is 0 Å². The molecular weight excluding hydrogens is 324 g/mol. The normalized spacial score (nSPS) is 10.1. The maximum atomic E-state index is 10.9. The third-order valence-corrected chi connectivity index (χ3v) is 3.22. The molecule has 2 rings (SSSR count). The van der Waals surface area contributed by atoms with Crippen LogP contribution < -0.4 is 15.8 Å². The second-order valence-corrected chi connectivity index (χ2v) is 4.99. The van der Waals surface area contributed by atoms with E-state index in [0.717, 1.165) is 10.2 Å². The van der Waals surface area contributed by atoms with E-state index in [4.69, 9.17) is 15.6 Å². The van der Waals surface area contributed by atoms with E-state index >= 15 is 0 Å². The van der Waals surface area contributed by atoms with Crippen molar-refractivity contribution in [3.8, 4) is 5.75 Å². The van der Waals surface area contributed by atoms with Crippen LogP contribution in [0.15, 0.2) is 40.9 Å². The van der Waals surface area contributed by atoms with E-state index in [-0.39, 0.29) is 11.3 Å². The molecule has 0 aliphatic heterocycles. The molecule has 20 heavy (non-hydrogen) atoms. The van der Waals surface area contributed by atoms with Crippen LogP contribution in [-0.2, 0) is 0 Å². The van der Waals surface area contributed by atoms with Crippen LogP contribution in [0.3, 0.4) is 0 Å². The van der Waals surface area contributed by atoms with Gasteiger partial charge in [-0.25, -0.2) is 4.79 Å². The number of carboxylic acid groups (broad SMARTS) is 1. The molecule has 0 heterocycles. The predicted molar refractivity (Wildman–Crippen MR) is 81.8 cm³/mol. The summed E-state index contributed by atoms with van der Waals surface area (Å²) in [6.07, 6.45) is 0. The average molecular weight is 337 g/mol. The number of rotatable bonds is 4. The highest BCUT2D eigenvalue weighted by atomic mass is 79.9. The lowest BCUT2D eigenvalue weighted by Gasteiger charge is -2.12. The van der Waals surface area contributed by atoms with E-state index in [1.54, 1.807) is 19.2 Å². The average Bonchev–Trinajstić information content (AvgIpc) is 2.38. The molecule has 5 nitrogen and oxygen atoms in total. The molecule has 0 unspecified atom stereocenters. The van der Waals surface area contributed by atoms with Crippen molar-refractivity contribution in [1.29, 1.82) is 0 Å². The Morgan fingerprint density at radius 2 is 2.05 bits per heavy atom. The van der Waals surface area contributed by atoms with Gasteiger partial charge in [0.25, 0.3) is 0 Å². The molecule has 6 heteroatoms. The first-order valence-corrected chi connectivity index (χ1v) is 6.54. The van der Waals surface area contributed by atoms with Crippen LogP contribution in [-0.4, -0.2) is 18.2 Å². The van der Waals surface area contributed by atoms with Crippen molar-refractivity contribution in [2.24, 2.45) is 0 Å². The van der Waals surface area contributed by atoms with Crippen molar-refractivity contribution >= 4 is 39.0 Å². The van der Waals surface area contributed by atoms with Crippen LogP contribution in [0.4, 0.5) is 17.1 Å². The van der Waals surface area contributed by atoms with Gasteiger partial charge in [-0.1, -0.05) is 15.9 Å². The number of nitrogen functional groups attached to an aromatic ring is 1. The van der Waals surface area contributed by atoms with E-state index < -0.39 is 5.97 Å². The fourth-order valence-electron chi connectivity index (χ4n) is 1.77. The summed E-state index contributed by atoms with van der Waals surface area (Å²) in [4.78, 5) is 10.9. The van der Waals surface area contributed by atoms with Crippen molar-refractivity contribution in [3.05, 3.63) is 46.4 Å². The van der Waals surface area contributed by atoms with E-state index in [0.29, 0.717) is 11.4 Å². The number of benzene rings is 2. The Balaban J connectivity index is 2.33. The van der Waals surface area contributed by atoms with Gasteiger partial charge in [0.2, 0.25) is 0 Å². The second kappa shape index (κ2) is 5.83. The molecule has 0 aliphatic carbocycles. The number of carbonyl (C=O) groups is 1. The molecular formula is C14H13BrN2O3. The van der Waals surface area contributed by atoms with Crippen LogP contribution in [0.25, 0.3) is 0 Å². The van der Waals surface area contributed by atoms with Crippen molar-refractivity contribution < 1.29 is 14.6 Å². The number of hydrogen-bond acceptors (Lipinski definition) is 4. The zero-order chi connectivity index (χ0) is 14.7. The monoisotopic (exact) mass is 336 g/mol. The quantitative estimate of drug-likeness (QED) is 0.744. The fraction of sp³-hybridized carbons (Fsp3) is 0.0714. The van der Waals surface area contributed by atoms with Crippen LogP contribution in [0.1, 0.15) is 10.4 Å². The van der Waals surface area contributed by atoms with Gasteiger partial charge in [-0.15, -0.1) is 0 Å². The highest BCUT2D eigenvalue weighted by Crippen LogP contribution is 2.31. The smallest absolute Gasteiger partial charge is 0.337 e. The summed E-state index contributed by atoms with van der Waals surface area (Å²) in [7, 11) is 1.58. The molecule has 2 aromatic carbocycles. The number of carboxylic acids is 1. The molecule has 0 aromatic heterocycles. The number of aromatic carboxylic acids is 1. The second-order valence-electron chi connectivity index (χ2n) is 4.08. The molecule has 0 saturated heterocycles. The number of ether oxygens (including phenoxy) is 1. The topological polar surface area (TPSA) is 84.6 Å². The molecule has 0 aliphatic rings. The lowest BCUT2D eigenvalue weighted by molar-refractivity contribution is 0.0698. The van der Waals surface area contributed by atoms with E-state index in [9.17, 15) is 4.79 Å². The summed E-state index contributed by atoms with van der Waals surface area (Å²) in [5.41, 5.74) is 7.44. The molecule has 2 aromatic rings. The van der Waals surface area contributed by atoms with Crippen LogP contribution in [0.2, 0.25) is 0 Å². The first-order valence-electron chi connectivity index (χ1n) is 5.74. The summed E-state index contributed by atoms with van der Waals surface area (Å²) in [6.45, 7) is 0. The number of hydrogen-bond donors (Lipinski definition) is 3. The maximum Gasteiger partial charge on any atom is 0.337 e. The summed E-state index contributed by atoms with van der Waals surface area (Å²) >= 11 is 3.39. The zero-order valence-corrected chi connectivity index (χ0v) is 12.3. The number of nitrogens with two attached hydrogens (primary N) is 1. The zero-order valence-electron chi connectivity index (χ0n) is 10.7. The molecule has 0 saturated carbocycles. The molecule has 0 bridgehead atoms. The minimum atomic E-state index is -1.05. The molecule has 4 N–H and O–H groups in total. The van der Waals surface area contributed by atoms with Gasteiger partial charge in [0.15, 0.2) is 0 Å². The third-order valence-electron chi connectivity index (χ3n) is 2.72. The Labute approximate surface area is 124 Å². The van der Waals surface area contributed by atoms with Crippen LogP contribution in [0, 0.1) is 0 Å². The van der Waals surface area contributed by atoms with Gasteiger partial charge in [-0.3, -0.25) is 0 Å². The molecule has 0 amide bonds. The van der Waals surface area contributed by atoms with E-state index in [1.807, 2.05) is 18.2 Å². The standard InChI is InChI=1S/C14H13BrN2O3/c1-20-13-5-2-8(15)6-12(13)17-9-3-4-10(14(18)19)11(16)7-9/h2-7,17H,16H2,1H3,(H,18,19). The predicted octanol–water partition coefficient (Wildman–Crippen LogP) is 3.48. The number of methoxy groups -OCH3 is 1. The summed E-state index contributed by atoms with van der Waals surface area (Å²) in [6, 6.07) is 10.2. The summed E-state index contributed by atoms with van der Waals surface area (Å²) in [5.74, 6) is -0.372. The fourth-order valence-corrected chi connectivity index (χ4v) is 2.13. The molecule has 0 spiro atoms. The van der Waals surface area contributed by atoms with Gasteiger partial charge in [0.1, 0.15) is 5.75 Å². The van der Waals surface area contributed by atoms with E-state index in [1.165, 1.54) is 6.07 Å². The lowest BCUT2D eigenvalue weighted by Crippen LogP contribution is -2.03. The highest BCUT2D eigenvalue weighted by molar-refractivity contribution is 9.10. The highest BCUT2D eigenvalue weighted by Gasteiger charge is 2.09. The Morgan fingerprint density at radius 1 is 1.30 bits per heavy atom. The molecule has 0 atom stereocenters. The number of halogens is 1. The van der Waals surface area contributed by atoms with Gasteiger partial charge in [0.05, 0.1) is 18.4 Å². The number of nitrogens with one attached hydrogen (secondary N) is 1. The first-order chi connectivity index (χ1) is 9.51. The first kappa shape index (κ1) is 14.2. The maximum absolute atomic E-state index is 10.9. The van der Waals surface area contributed by atoms with Crippen LogP contribution in [0.5, 0.6) is 5.75 Å². The lowest BCUT2D eigenvalue weighted by atomic mass is 10.1. The molecule has 0 fully saturated rings. The van der Waals surface area contributed by atoms with Gasteiger partial charge >= 0.3 is 5.97 Å². The van der Waals surface area contributed by atoms with Crippen molar-refractivity contribution in [2.45, 2.75) is 0 Å². The SMILES string of the molecule is COc1ccc(Br)cc1Nc1ccc(C(=O)O)c(N)c1. The minimum absolute atomic E-state index is 0.0803. The minimum Gasteiger partial charge on any atom is -0.495 e. The molecule has 104 valence electrons. The Bertz CT molecular complexity index is 659. The van der Waals surface area contributed by atoms with Crippen LogP contribution >= 0.6 is 15.9 Å². The van der Waals surface area contributed by atoms with Gasteiger partial charge in [-0.05, 0) is 36.4 Å². The Kier molecular flexibility index (Phi) is 4.14. The van der Waals surface area contributed by atoms with Crippen molar-refractivity contribution in [1.82, 2.24) is 0 Å². The largest absolute Gasteiger partial charge is 0.495 e. The van der Waals surface area contributed by atoms with Gasteiger partial charge in [0, 0.05) is 15.8 Å². The molecule has 0 radical (unpaired) electrons. The Hall–Kier alpha value is -2.21.